The van der Waals surface area contributed by atoms with Gasteiger partial charge >= 0.3 is 5.97 Å². The van der Waals surface area contributed by atoms with Gasteiger partial charge in [-0.05, 0) is 59.5 Å². The number of aromatic carboxylic acids is 1. The molecule has 1 aromatic heterocycles. The fraction of sp³-hybridized carbons (Fsp3) is 0.200. The summed E-state index contributed by atoms with van der Waals surface area (Å²) >= 11 is 1.59. The molecule has 6 nitrogen and oxygen atoms in total. The van der Waals surface area contributed by atoms with Crippen molar-refractivity contribution in [3.63, 3.8) is 0 Å². The van der Waals surface area contributed by atoms with E-state index in [1.807, 2.05) is 42.5 Å². The molecule has 7 heteroatoms. The highest BCUT2D eigenvalue weighted by atomic mass is 32.1. The van der Waals surface area contributed by atoms with Crippen LogP contribution in [0.1, 0.15) is 27.0 Å². The summed E-state index contributed by atoms with van der Waals surface area (Å²) in [5.41, 5.74) is 4.25. The van der Waals surface area contributed by atoms with Crippen LogP contribution in [-0.4, -0.2) is 34.8 Å². The third-order valence-electron chi connectivity index (χ3n) is 5.30. The van der Waals surface area contributed by atoms with Gasteiger partial charge < -0.3 is 19.8 Å². The Morgan fingerprint density at radius 3 is 2.34 bits per heavy atom. The number of aliphatic hydroxyl groups excluding tert-OH is 1. The molecule has 0 unspecified atom stereocenters. The molecule has 3 aromatic carbocycles. The number of rotatable bonds is 9. The van der Waals surface area contributed by atoms with Crippen LogP contribution < -0.4 is 9.64 Å². The van der Waals surface area contributed by atoms with E-state index in [1.165, 1.54) is 5.56 Å². The summed E-state index contributed by atoms with van der Waals surface area (Å²) in [7, 11) is 1.65. The minimum absolute atomic E-state index is 0.000281. The highest BCUT2D eigenvalue weighted by Gasteiger charge is 2.14. The van der Waals surface area contributed by atoms with Gasteiger partial charge in [-0.25, -0.2) is 9.78 Å². The number of fused-ring (bicyclic) bond motifs is 1. The maximum atomic E-state index is 11.2. The van der Waals surface area contributed by atoms with Gasteiger partial charge in [0.25, 0.3) is 0 Å². The molecule has 0 bridgehead atoms. The summed E-state index contributed by atoms with van der Waals surface area (Å²) in [6.07, 6.45) is 0.828. The third-order valence-corrected chi connectivity index (χ3v) is 6.38. The zero-order valence-corrected chi connectivity index (χ0v) is 18.5. The average Bonchev–Trinajstić information content (AvgIpc) is 3.25. The molecule has 2 N–H and O–H groups in total. The molecule has 0 amide bonds. The van der Waals surface area contributed by atoms with Gasteiger partial charge in [-0.15, -0.1) is 0 Å². The number of carbonyl (C=O) groups is 1. The predicted octanol–water partition coefficient (Wildman–Crippen LogP) is 4.74. The SMILES string of the molecule is COc1ccc(CCN(Cc2ccc(C(=O)O)cc2)c2nc3ccc(CO)cc3s2)cc1. The molecular weight excluding hydrogens is 424 g/mol. The van der Waals surface area contributed by atoms with Crippen molar-refractivity contribution < 1.29 is 19.7 Å². The molecule has 0 fully saturated rings. The number of hydrogen-bond donors (Lipinski definition) is 2. The summed E-state index contributed by atoms with van der Waals surface area (Å²) in [6.45, 7) is 1.36. The van der Waals surface area contributed by atoms with E-state index in [9.17, 15) is 9.90 Å². The van der Waals surface area contributed by atoms with Crippen LogP contribution in [0.25, 0.3) is 10.2 Å². The van der Waals surface area contributed by atoms with Crippen LogP contribution >= 0.6 is 11.3 Å². The Hall–Kier alpha value is -3.42. The molecule has 1 heterocycles. The Kier molecular flexibility index (Phi) is 6.68. The number of thiazole rings is 1. The Morgan fingerprint density at radius 2 is 1.69 bits per heavy atom. The Labute approximate surface area is 190 Å². The summed E-state index contributed by atoms with van der Waals surface area (Å²) in [5, 5.41) is 19.5. The van der Waals surface area contributed by atoms with Crippen molar-refractivity contribution in [2.24, 2.45) is 0 Å². The molecule has 0 radical (unpaired) electrons. The minimum Gasteiger partial charge on any atom is -0.497 e. The first kappa shape index (κ1) is 21.8. The Balaban J connectivity index is 1.59. The summed E-state index contributed by atoms with van der Waals surface area (Å²) in [6, 6.07) is 20.8. The van der Waals surface area contributed by atoms with E-state index >= 15 is 0 Å². The molecule has 4 aromatic rings. The van der Waals surface area contributed by atoms with E-state index in [1.54, 1.807) is 30.6 Å². The molecule has 164 valence electrons. The van der Waals surface area contributed by atoms with Gasteiger partial charge in [-0.1, -0.05) is 41.7 Å². The first-order valence-electron chi connectivity index (χ1n) is 10.3. The van der Waals surface area contributed by atoms with E-state index in [0.29, 0.717) is 6.54 Å². The number of aliphatic hydroxyl groups is 1. The number of anilines is 1. The highest BCUT2D eigenvalue weighted by Crippen LogP contribution is 2.31. The van der Waals surface area contributed by atoms with Crippen LogP contribution in [0.2, 0.25) is 0 Å². The third kappa shape index (κ3) is 5.07. The van der Waals surface area contributed by atoms with Gasteiger partial charge in [-0.3, -0.25) is 0 Å². The van der Waals surface area contributed by atoms with Gasteiger partial charge in [-0.2, -0.15) is 0 Å². The molecule has 0 atom stereocenters. The van der Waals surface area contributed by atoms with Crippen LogP contribution in [0, 0.1) is 0 Å². The van der Waals surface area contributed by atoms with E-state index in [4.69, 9.17) is 14.8 Å². The van der Waals surface area contributed by atoms with Crippen LogP contribution in [0.5, 0.6) is 5.75 Å². The van der Waals surface area contributed by atoms with Crippen LogP contribution in [0.15, 0.2) is 66.7 Å². The molecule has 4 rings (SSSR count). The van der Waals surface area contributed by atoms with Crippen molar-refractivity contribution in [2.45, 2.75) is 19.6 Å². The molecule has 0 spiro atoms. The highest BCUT2D eigenvalue weighted by molar-refractivity contribution is 7.22. The second-order valence-electron chi connectivity index (χ2n) is 7.48. The lowest BCUT2D eigenvalue weighted by atomic mass is 10.1. The summed E-state index contributed by atoms with van der Waals surface area (Å²) < 4.78 is 6.27. The van der Waals surface area contributed by atoms with Crippen LogP contribution in [-0.2, 0) is 19.6 Å². The second kappa shape index (κ2) is 9.80. The van der Waals surface area contributed by atoms with Gasteiger partial charge in [0.05, 0.1) is 29.5 Å². The minimum atomic E-state index is -0.932. The van der Waals surface area contributed by atoms with Crippen molar-refractivity contribution in [3.05, 3.63) is 89.0 Å². The quantitative estimate of drug-likeness (QED) is 0.385. The first-order chi connectivity index (χ1) is 15.6. The molecule has 0 aliphatic rings. The van der Waals surface area contributed by atoms with Crippen molar-refractivity contribution in [1.29, 1.82) is 0 Å². The monoisotopic (exact) mass is 448 g/mol. The van der Waals surface area contributed by atoms with Gasteiger partial charge in [0, 0.05) is 13.1 Å². The van der Waals surface area contributed by atoms with E-state index in [0.717, 1.165) is 45.2 Å². The topological polar surface area (TPSA) is 82.9 Å². The van der Waals surface area contributed by atoms with E-state index in [-0.39, 0.29) is 12.2 Å². The fourth-order valence-corrected chi connectivity index (χ4v) is 4.52. The maximum absolute atomic E-state index is 11.2. The Bertz CT molecular complexity index is 1200. The molecular formula is C25H24N2O4S. The van der Waals surface area contributed by atoms with Crippen LogP contribution in [0.3, 0.4) is 0 Å². The van der Waals surface area contributed by atoms with Gasteiger partial charge in [0.1, 0.15) is 5.75 Å². The lowest BCUT2D eigenvalue weighted by Gasteiger charge is -2.22. The number of hydrogen-bond acceptors (Lipinski definition) is 6. The largest absolute Gasteiger partial charge is 0.497 e. The second-order valence-corrected chi connectivity index (χ2v) is 8.49. The lowest BCUT2D eigenvalue weighted by Crippen LogP contribution is -2.25. The smallest absolute Gasteiger partial charge is 0.335 e. The average molecular weight is 449 g/mol. The number of benzene rings is 3. The van der Waals surface area contributed by atoms with Crippen molar-refractivity contribution in [1.82, 2.24) is 4.98 Å². The Morgan fingerprint density at radius 1 is 1.00 bits per heavy atom. The number of nitrogens with zero attached hydrogens (tertiary/aromatic N) is 2. The first-order valence-corrected chi connectivity index (χ1v) is 11.1. The number of ether oxygens (including phenoxy) is 1. The summed E-state index contributed by atoms with van der Waals surface area (Å²) in [5.74, 6) is -0.103. The molecule has 0 aliphatic heterocycles. The molecule has 0 aliphatic carbocycles. The number of aromatic nitrogens is 1. The van der Waals surface area contributed by atoms with Crippen molar-refractivity contribution in [2.75, 3.05) is 18.6 Å². The van der Waals surface area contributed by atoms with E-state index in [2.05, 4.69) is 17.0 Å². The standard InChI is InChI=1S/C25H24N2O4S/c1-31-21-9-4-17(5-10-21)12-13-27(15-18-2-7-20(8-3-18)24(29)30)25-26-22-11-6-19(16-28)14-23(22)32-25/h2-11,14,28H,12-13,15-16H2,1H3,(H,29,30). The zero-order chi connectivity index (χ0) is 22.5. The molecule has 0 saturated carbocycles. The number of carboxylic acid groups (broad SMARTS) is 1. The lowest BCUT2D eigenvalue weighted by molar-refractivity contribution is 0.0697. The number of carboxylic acids is 1. The fourth-order valence-electron chi connectivity index (χ4n) is 3.46. The van der Waals surface area contributed by atoms with Crippen LogP contribution in [0.4, 0.5) is 5.13 Å². The maximum Gasteiger partial charge on any atom is 0.335 e. The predicted molar refractivity (Wildman–Crippen MR) is 127 cm³/mol. The molecule has 32 heavy (non-hydrogen) atoms. The van der Waals surface area contributed by atoms with Gasteiger partial charge in [0.2, 0.25) is 0 Å². The number of methoxy groups -OCH3 is 1. The van der Waals surface area contributed by atoms with Gasteiger partial charge in [0.15, 0.2) is 5.13 Å². The normalized spacial score (nSPS) is 10.9. The zero-order valence-electron chi connectivity index (χ0n) is 17.7. The molecule has 0 saturated heterocycles. The van der Waals surface area contributed by atoms with Crippen molar-refractivity contribution in [3.8, 4) is 5.75 Å². The summed E-state index contributed by atoms with van der Waals surface area (Å²) in [4.78, 5) is 18.2. The van der Waals surface area contributed by atoms with E-state index < -0.39 is 5.97 Å². The van der Waals surface area contributed by atoms with Crippen molar-refractivity contribution >= 4 is 32.7 Å².